The highest BCUT2D eigenvalue weighted by atomic mass is 16.5. The molecule has 0 radical (unpaired) electrons. The summed E-state index contributed by atoms with van der Waals surface area (Å²) in [6.07, 6.45) is 5.44. The molecule has 0 bridgehead atoms. The number of ether oxygens (including phenoxy) is 1. The van der Waals surface area contributed by atoms with Crippen LogP contribution in [0, 0.1) is 0 Å². The number of rotatable bonds is 6. The maximum absolute atomic E-state index is 6.73. The summed E-state index contributed by atoms with van der Waals surface area (Å²) in [5.41, 5.74) is 11.5. The zero-order chi connectivity index (χ0) is 40.2. The van der Waals surface area contributed by atoms with Crippen LogP contribution in [-0.4, -0.2) is 15.0 Å². The third-order valence-electron chi connectivity index (χ3n) is 11.2. The maximum Gasteiger partial charge on any atom is 0.159 e. The molecule has 0 saturated heterocycles. The molecule has 0 unspecified atom stereocenters. The Morgan fingerprint density at radius 1 is 0.474 bits per heavy atom. The van der Waals surface area contributed by atoms with Crippen LogP contribution < -0.4 is 9.64 Å². The van der Waals surface area contributed by atoms with Crippen molar-refractivity contribution in [2.45, 2.75) is 84.0 Å². The summed E-state index contributed by atoms with van der Waals surface area (Å²) >= 11 is 0. The molecular weight excluding hydrogens is 697 g/mol. The number of aromatic nitrogens is 3. The average molecular weight is 749 g/mol. The lowest BCUT2D eigenvalue weighted by molar-refractivity contribution is 0.481. The Balaban J connectivity index is 1.42. The Kier molecular flexibility index (Phi) is 9.39. The first-order chi connectivity index (χ1) is 27.1. The molecule has 8 rings (SSSR count). The molecule has 0 atom stereocenters. The smallest absolute Gasteiger partial charge is 0.159 e. The number of benzene rings is 5. The van der Waals surface area contributed by atoms with Crippen molar-refractivity contribution in [3.8, 4) is 22.9 Å². The monoisotopic (exact) mass is 748 g/mol. The molecule has 0 N–H and O–H groups in total. The van der Waals surface area contributed by atoms with Crippen molar-refractivity contribution in [2.24, 2.45) is 0 Å². The van der Waals surface area contributed by atoms with Crippen LogP contribution in [0.5, 0.6) is 11.5 Å². The quantitative estimate of drug-likeness (QED) is 0.169. The van der Waals surface area contributed by atoms with Crippen LogP contribution in [0.2, 0.25) is 0 Å². The van der Waals surface area contributed by atoms with E-state index in [1.807, 2.05) is 48.7 Å². The number of hydrogen-bond donors (Lipinski definition) is 0. The summed E-state index contributed by atoms with van der Waals surface area (Å²) < 4.78 is 6.73. The molecule has 3 heterocycles. The van der Waals surface area contributed by atoms with Gasteiger partial charge < -0.3 is 9.64 Å². The summed E-state index contributed by atoms with van der Waals surface area (Å²) in [5.74, 6) is 2.10. The van der Waals surface area contributed by atoms with Crippen molar-refractivity contribution in [1.29, 1.82) is 0 Å². The normalized spacial score (nSPS) is 13.8. The minimum absolute atomic E-state index is 0.0390. The van der Waals surface area contributed by atoms with Crippen LogP contribution in [0.1, 0.15) is 101 Å². The molecule has 0 amide bonds. The van der Waals surface area contributed by atoms with E-state index in [-0.39, 0.29) is 16.2 Å². The molecule has 57 heavy (non-hydrogen) atoms. The SMILES string of the molecule is CC(C)(C)c1ccc(N2c3ccc(C(C)(C)C)cc3C(c3cccc(Oc4cccc(-c5ncccn5)c4)c3)(c3ccccn3)c3cc(C(C)(C)C)ccc32)cc1. The van der Waals surface area contributed by atoms with Crippen LogP contribution >= 0.6 is 0 Å². The third-order valence-corrected chi connectivity index (χ3v) is 11.2. The van der Waals surface area contributed by atoms with E-state index in [1.165, 1.54) is 27.8 Å². The molecule has 5 heteroatoms. The molecule has 0 fully saturated rings. The van der Waals surface area contributed by atoms with Crippen molar-refractivity contribution in [3.05, 3.63) is 191 Å². The summed E-state index contributed by atoms with van der Waals surface area (Å²) in [6.45, 7) is 20.5. The second-order valence-corrected chi connectivity index (χ2v) is 18.3. The largest absolute Gasteiger partial charge is 0.457 e. The second-order valence-electron chi connectivity index (χ2n) is 18.3. The van der Waals surface area contributed by atoms with Crippen molar-refractivity contribution in [3.63, 3.8) is 0 Å². The van der Waals surface area contributed by atoms with E-state index in [0.29, 0.717) is 11.6 Å². The van der Waals surface area contributed by atoms with E-state index < -0.39 is 5.41 Å². The lowest BCUT2D eigenvalue weighted by Crippen LogP contribution is -2.39. The van der Waals surface area contributed by atoms with Crippen molar-refractivity contribution in [2.75, 3.05) is 4.90 Å². The number of fused-ring (bicyclic) bond motifs is 2. The van der Waals surface area contributed by atoms with E-state index in [2.05, 4.69) is 168 Å². The number of anilines is 3. The van der Waals surface area contributed by atoms with Crippen molar-refractivity contribution in [1.82, 2.24) is 15.0 Å². The van der Waals surface area contributed by atoms with E-state index in [9.17, 15) is 0 Å². The molecule has 1 aliphatic rings. The first kappa shape index (κ1) is 37.8. The predicted octanol–water partition coefficient (Wildman–Crippen LogP) is 13.4. The Bertz CT molecular complexity index is 2470. The predicted molar refractivity (Wildman–Crippen MR) is 234 cm³/mol. The van der Waals surface area contributed by atoms with Crippen LogP contribution in [0.4, 0.5) is 17.1 Å². The fraction of sp³-hybridized carbons (Fsp3) is 0.250. The van der Waals surface area contributed by atoms with Gasteiger partial charge in [0.15, 0.2) is 5.82 Å². The van der Waals surface area contributed by atoms with E-state index >= 15 is 0 Å². The van der Waals surface area contributed by atoms with Crippen molar-refractivity contribution < 1.29 is 4.74 Å². The molecule has 0 spiro atoms. The molecule has 0 saturated carbocycles. The zero-order valence-electron chi connectivity index (χ0n) is 34.6. The van der Waals surface area contributed by atoms with Gasteiger partial charge in [-0.05, 0) is 116 Å². The van der Waals surface area contributed by atoms with Gasteiger partial charge in [-0.25, -0.2) is 9.97 Å². The van der Waals surface area contributed by atoms with Gasteiger partial charge in [-0.15, -0.1) is 0 Å². The van der Waals surface area contributed by atoms with Gasteiger partial charge in [-0.2, -0.15) is 0 Å². The molecule has 1 aliphatic heterocycles. The number of pyridine rings is 1. The summed E-state index contributed by atoms with van der Waals surface area (Å²) in [5, 5.41) is 0. The first-order valence-corrected chi connectivity index (χ1v) is 19.9. The molecule has 0 aliphatic carbocycles. The lowest BCUT2D eigenvalue weighted by atomic mass is 9.62. The number of hydrogen-bond acceptors (Lipinski definition) is 5. The molecule has 7 aromatic rings. The Hall–Kier alpha value is -6.07. The van der Waals surface area contributed by atoms with Gasteiger partial charge in [-0.1, -0.05) is 129 Å². The molecule has 5 aromatic carbocycles. The van der Waals surface area contributed by atoms with Gasteiger partial charge in [-0.3, -0.25) is 4.98 Å². The van der Waals surface area contributed by atoms with Crippen molar-refractivity contribution >= 4 is 17.1 Å². The average Bonchev–Trinajstić information content (AvgIpc) is 3.19. The van der Waals surface area contributed by atoms with Gasteiger partial charge in [0.2, 0.25) is 0 Å². The fourth-order valence-electron chi connectivity index (χ4n) is 8.05. The van der Waals surface area contributed by atoms with Gasteiger partial charge in [0.1, 0.15) is 11.5 Å². The Labute approximate surface area is 338 Å². The van der Waals surface area contributed by atoms with Gasteiger partial charge >= 0.3 is 0 Å². The topological polar surface area (TPSA) is 51.1 Å². The summed E-state index contributed by atoms with van der Waals surface area (Å²) in [7, 11) is 0. The van der Waals surface area contributed by atoms with Crippen LogP contribution in [0.15, 0.2) is 152 Å². The van der Waals surface area contributed by atoms with Gasteiger partial charge in [0.25, 0.3) is 0 Å². The minimum atomic E-state index is -0.810. The van der Waals surface area contributed by atoms with Crippen LogP contribution in [-0.2, 0) is 21.7 Å². The zero-order valence-corrected chi connectivity index (χ0v) is 34.6. The Morgan fingerprint density at radius 2 is 1.02 bits per heavy atom. The van der Waals surface area contributed by atoms with Gasteiger partial charge in [0.05, 0.1) is 22.5 Å². The standard InChI is InChI=1S/C52H52N4O/c1-49(2,3)36-20-24-40(25-21-36)56-45-26-22-37(50(4,5)6)33-43(45)52(47-19-10-11-28-53-47,44-34-38(51(7,8)9)23-27-46(44)56)39-16-13-18-42(32-39)57-41-17-12-15-35(31-41)48-54-29-14-30-55-48/h10-34H,1-9H3. The van der Waals surface area contributed by atoms with E-state index in [0.717, 1.165) is 39.6 Å². The highest BCUT2D eigenvalue weighted by Crippen LogP contribution is 2.59. The van der Waals surface area contributed by atoms with E-state index in [4.69, 9.17) is 9.72 Å². The molecule has 2 aromatic heterocycles. The summed E-state index contributed by atoms with van der Waals surface area (Å²) in [4.78, 5) is 16.7. The van der Waals surface area contributed by atoms with Crippen LogP contribution in [0.25, 0.3) is 11.4 Å². The second kappa shape index (κ2) is 14.1. The number of nitrogens with zero attached hydrogens (tertiary/aromatic N) is 4. The highest BCUT2D eigenvalue weighted by molar-refractivity contribution is 5.90. The van der Waals surface area contributed by atoms with Crippen LogP contribution in [0.3, 0.4) is 0 Å². The fourth-order valence-corrected chi connectivity index (χ4v) is 8.05. The highest BCUT2D eigenvalue weighted by Gasteiger charge is 2.48. The third kappa shape index (κ3) is 7.01. The Morgan fingerprint density at radius 3 is 1.58 bits per heavy atom. The van der Waals surface area contributed by atoms with E-state index in [1.54, 1.807) is 12.4 Å². The molecule has 286 valence electrons. The minimum Gasteiger partial charge on any atom is -0.457 e. The lowest BCUT2D eigenvalue weighted by Gasteiger charge is -2.47. The summed E-state index contributed by atoms with van der Waals surface area (Å²) in [6, 6.07) is 47.9. The maximum atomic E-state index is 6.73. The first-order valence-electron chi connectivity index (χ1n) is 19.9. The molecular formula is C52H52N4O. The molecule has 5 nitrogen and oxygen atoms in total. The van der Waals surface area contributed by atoms with Gasteiger partial charge in [0, 0.05) is 29.8 Å².